The zero-order chi connectivity index (χ0) is 20.9. The number of nitrogens with one attached hydrogen (secondary N) is 1. The molecule has 2 atom stereocenters. The molecule has 2 aromatic carbocycles. The molecule has 0 saturated heterocycles. The van der Waals surface area contributed by atoms with Crippen molar-refractivity contribution in [3.8, 4) is 11.5 Å². The average molecular weight is 407 g/mol. The number of amides is 1. The van der Waals surface area contributed by atoms with Gasteiger partial charge in [0.2, 0.25) is 15.9 Å². The third kappa shape index (κ3) is 4.95. The number of carbonyl (C=O) groups is 1. The van der Waals surface area contributed by atoms with Crippen molar-refractivity contribution < 1.29 is 22.7 Å². The van der Waals surface area contributed by atoms with E-state index in [0.29, 0.717) is 17.2 Å². The van der Waals surface area contributed by atoms with Crippen LogP contribution >= 0.6 is 0 Å². The molecule has 1 N–H and O–H groups in total. The SMILES string of the molecule is COc1ccc(C(C)NC(=O)C(C)N(c2ccccc2)S(C)(=O)=O)cc1OC. The molecular weight excluding hydrogens is 380 g/mol. The van der Waals surface area contributed by atoms with Gasteiger partial charge in [-0.05, 0) is 43.7 Å². The summed E-state index contributed by atoms with van der Waals surface area (Å²) in [5.41, 5.74) is 1.25. The van der Waals surface area contributed by atoms with Crippen LogP contribution in [0.4, 0.5) is 5.69 Å². The maximum Gasteiger partial charge on any atom is 0.244 e. The molecule has 0 spiro atoms. The highest BCUT2D eigenvalue weighted by molar-refractivity contribution is 7.92. The van der Waals surface area contributed by atoms with Crippen LogP contribution in [0.15, 0.2) is 48.5 Å². The first-order valence-electron chi connectivity index (χ1n) is 8.75. The summed E-state index contributed by atoms with van der Waals surface area (Å²) in [5.74, 6) is 0.734. The summed E-state index contributed by atoms with van der Waals surface area (Å²) in [5, 5.41) is 2.87. The number of para-hydroxylation sites is 1. The van der Waals surface area contributed by atoms with Gasteiger partial charge >= 0.3 is 0 Å². The Labute approximate surface area is 166 Å². The molecule has 0 saturated carbocycles. The maximum absolute atomic E-state index is 12.8. The molecule has 0 fully saturated rings. The van der Waals surface area contributed by atoms with Gasteiger partial charge in [0.15, 0.2) is 11.5 Å². The van der Waals surface area contributed by atoms with E-state index < -0.39 is 22.0 Å². The van der Waals surface area contributed by atoms with Crippen molar-refractivity contribution in [2.24, 2.45) is 0 Å². The molecule has 28 heavy (non-hydrogen) atoms. The quantitative estimate of drug-likeness (QED) is 0.729. The van der Waals surface area contributed by atoms with Gasteiger partial charge in [-0.2, -0.15) is 0 Å². The van der Waals surface area contributed by atoms with Gasteiger partial charge in [0, 0.05) is 0 Å². The van der Waals surface area contributed by atoms with Gasteiger partial charge in [0.1, 0.15) is 6.04 Å². The van der Waals surface area contributed by atoms with Crippen LogP contribution in [0.1, 0.15) is 25.5 Å². The highest BCUT2D eigenvalue weighted by atomic mass is 32.2. The lowest BCUT2D eigenvalue weighted by atomic mass is 10.1. The number of rotatable bonds is 8. The van der Waals surface area contributed by atoms with Crippen molar-refractivity contribution in [2.75, 3.05) is 24.8 Å². The van der Waals surface area contributed by atoms with Crippen molar-refractivity contribution in [1.29, 1.82) is 0 Å². The molecule has 0 bridgehead atoms. The fourth-order valence-electron chi connectivity index (χ4n) is 2.92. The lowest BCUT2D eigenvalue weighted by Gasteiger charge is -2.29. The van der Waals surface area contributed by atoms with E-state index in [0.717, 1.165) is 16.1 Å². The van der Waals surface area contributed by atoms with E-state index in [1.807, 2.05) is 13.0 Å². The molecule has 0 aliphatic carbocycles. The number of methoxy groups -OCH3 is 2. The Kier molecular flexibility index (Phi) is 6.90. The van der Waals surface area contributed by atoms with E-state index in [9.17, 15) is 13.2 Å². The molecule has 8 heteroatoms. The maximum atomic E-state index is 12.8. The Bertz CT molecular complexity index is 915. The molecule has 0 aromatic heterocycles. The number of ether oxygens (including phenoxy) is 2. The van der Waals surface area contributed by atoms with E-state index in [-0.39, 0.29) is 6.04 Å². The van der Waals surface area contributed by atoms with Crippen molar-refractivity contribution in [3.63, 3.8) is 0 Å². The van der Waals surface area contributed by atoms with Crippen molar-refractivity contribution in [1.82, 2.24) is 5.32 Å². The number of hydrogen-bond donors (Lipinski definition) is 1. The van der Waals surface area contributed by atoms with Crippen LogP contribution in [0, 0.1) is 0 Å². The Morgan fingerprint density at radius 2 is 1.61 bits per heavy atom. The smallest absolute Gasteiger partial charge is 0.244 e. The molecule has 152 valence electrons. The Balaban J connectivity index is 2.22. The molecular formula is C20H26N2O5S. The van der Waals surface area contributed by atoms with E-state index in [2.05, 4.69) is 5.32 Å². The summed E-state index contributed by atoms with van der Waals surface area (Å²) >= 11 is 0. The third-order valence-electron chi connectivity index (χ3n) is 4.37. The Morgan fingerprint density at radius 1 is 1.00 bits per heavy atom. The van der Waals surface area contributed by atoms with Gasteiger partial charge in [-0.15, -0.1) is 0 Å². The molecule has 2 rings (SSSR count). The topological polar surface area (TPSA) is 84.9 Å². The highest BCUT2D eigenvalue weighted by Crippen LogP contribution is 2.30. The summed E-state index contributed by atoms with van der Waals surface area (Å²) < 4.78 is 36.2. The molecule has 2 aromatic rings. The second-order valence-electron chi connectivity index (χ2n) is 6.42. The predicted molar refractivity (Wildman–Crippen MR) is 109 cm³/mol. The normalized spacial score (nSPS) is 13.3. The van der Waals surface area contributed by atoms with Gasteiger partial charge in [-0.25, -0.2) is 8.42 Å². The van der Waals surface area contributed by atoms with E-state index in [1.54, 1.807) is 56.5 Å². The first kappa shape index (κ1) is 21.6. The van der Waals surface area contributed by atoms with Crippen LogP contribution in [0.2, 0.25) is 0 Å². The first-order chi connectivity index (χ1) is 13.2. The largest absolute Gasteiger partial charge is 0.493 e. The Hall–Kier alpha value is -2.74. The van der Waals surface area contributed by atoms with Crippen LogP contribution in [0.25, 0.3) is 0 Å². The summed E-state index contributed by atoms with van der Waals surface area (Å²) in [7, 11) is -0.558. The van der Waals surface area contributed by atoms with Gasteiger partial charge in [0.05, 0.1) is 32.2 Å². The summed E-state index contributed by atoms with van der Waals surface area (Å²) in [6, 6.07) is 12.6. The van der Waals surface area contributed by atoms with Crippen LogP contribution in [-0.2, 0) is 14.8 Å². The molecule has 2 unspecified atom stereocenters. The first-order valence-corrected chi connectivity index (χ1v) is 10.6. The lowest BCUT2D eigenvalue weighted by Crippen LogP contribution is -2.48. The second-order valence-corrected chi connectivity index (χ2v) is 8.27. The molecule has 0 aliphatic heterocycles. The Morgan fingerprint density at radius 3 is 2.14 bits per heavy atom. The number of anilines is 1. The standard InChI is InChI=1S/C20H26N2O5S/c1-14(16-11-12-18(26-3)19(13-16)27-4)21-20(23)15(2)22(28(5,24)25)17-9-7-6-8-10-17/h6-15H,1-5H3,(H,21,23). The number of benzene rings is 2. The van der Waals surface area contributed by atoms with Crippen molar-refractivity contribution in [3.05, 3.63) is 54.1 Å². The molecule has 0 aliphatic rings. The zero-order valence-corrected chi connectivity index (χ0v) is 17.5. The van der Waals surface area contributed by atoms with Gasteiger partial charge < -0.3 is 14.8 Å². The van der Waals surface area contributed by atoms with Gasteiger partial charge in [-0.1, -0.05) is 24.3 Å². The summed E-state index contributed by atoms with van der Waals surface area (Å²) in [6.45, 7) is 3.38. The number of nitrogens with zero attached hydrogens (tertiary/aromatic N) is 1. The minimum atomic E-state index is -3.65. The van der Waals surface area contributed by atoms with Crippen LogP contribution in [0.5, 0.6) is 11.5 Å². The minimum Gasteiger partial charge on any atom is -0.493 e. The van der Waals surface area contributed by atoms with Crippen LogP contribution in [0.3, 0.4) is 0 Å². The number of carbonyl (C=O) groups excluding carboxylic acids is 1. The minimum absolute atomic E-state index is 0.355. The highest BCUT2D eigenvalue weighted by Gasteiger charge is 2.29. The predicted octanol–water partition coefficient (Wildman–Crippen LogP) is 2.74. The second kappa shape index (κ2) is 8.97. The number of hydrogen-bond acceptors (Lipinski definition) is 5. The molecule has 0 radical (unpaired) electrons. The molecule has 0 heterocycles. The van der Waals surface area contributed by atoms with Crippen molar-refractivity contribution >= 4 is 21.6 Å². The van der Waals surface area contributed by atoms with E-state index in [4.69, 9.17) is 9.47 Å². The summed E-state index contributed by atoms with van der Waals surface area (Å²) in [4.78, 5) is 12.8. The van der Waals surface area contributed by atoms with Gasteiger partial charge in [-0.3, -0.25) is 9.10 Å². The van der Waals surface area contributed by atoms with Crippen molar-refractivity contribution in [2.45, 2.75) is 25.9 Å². The van der Waals surface area contributed by atoms with E-state index in [1.165, 1.54) is 7.11 Å². The molecule has 1 amide bonds. The van der Waals surface area contributed by atoms with Crippen LogP contribution in [-0.4, -0.2) is 40.8 Å². The molecule has 7 nitrogen and oxygen atoms in total. The van der Waals surface area contributed by atoms with Gasteiger partial charge in [0.25, 0.3) is 0 Å². The lowest BCUT2D eigenvalue weighted by molar-refractivity contribution is -0.122. The number of sulfonamides is 1. The average Bonchev–Trinajstić information content (AvgIpc) is 2.67. The monoisotopic (exact) mass is 406 g/mol. The van der Waals surface area contributed by atoms with E-state index >= 15 is 0 Å². The van der Waals surface area contributed by atoms with Crippen LogP contribution < -0.4 is 19.1 Å². The fraction of sp³-hybridized carbons (Fsp3) is 0.350. The zero-order valence-electron chi connectivity index (χ0n) is 16.7. The fourth-order valence-corrected chi connectivity index (χ4v) is 4.10. The third-order valence-corrected chi connectivity index (χ3v) is 5.61. The summed E-state index contributed by atoms with van der Waals surface area (Å²) in [6.07, 6.45) is 1.08.